The van der Waals surface area contributed by atoms with Crippen LogP contribution in [-0.2, 0) is 6.54 Å². The molecule has 0 radical (unpaired) electrons. The number of aromatic hydroxyl groups is 1. The summed E-state index contributed by atoms with van der Waals surface area (Å²) >= 11 is 11.8. The van der Waals surface area contributed by atoms with Crippen LogP contribution in [0, 0.1) is 11.8 Å². The summed E-state index contributed by atoms with van der Waals surface area (Å²) in [4.78, 5) is 2.37. The smallest absolute Gasteiger partial charge is 0.121 e. The molecule has 16 heavy (non-hydrogen) atoms. The van der Waals surface area contributed by atoms with Crippen LogP contribution in [-0.4, -0.2) is 23.1 Å². The van der Waals surface area contributed by atoms with Crippen molar-refractivity contribution in [1.82, 2.24) is 4.90 Å². The van der Waals surface area contributed by atoms with Crippen LogP contribution in [0.5, 0.6) is 5.75 Å². The molecule has 1 saturated carbocycles. The quantitative estimate of drug-likeness (QED) is 0.880. The van der Waals surface area contributed by atoms with Crippen molar-refractivity contribution in [3.8, 4) is 5.75 Å². The highest BCUT2D eigenvalue weighted by Gasteiger charge is 2.44. The van der Waals surface area contributed by atoms with Crippen LogP contribution >= 0.6 is 23.2 Å². The summed E-state index contributed by atoms with van der Waals surface area (Å²) < 4.78 is 0. The van der Waals surface area contributed by atoms with Gasteiger partial charge in [0.2, 0.25) is 0 Å². The van der Waals surface area contributed by atoms with Crippen molar-refractivity contribution in [2.45, 2.75) is 13.0 Å². The fraction of sp³-hybridized carbons (Fsp3) is 0.500. The topological polar surface area (TPSA) is 23.5 Å². The van der Waals surface area contributed by atoms with Gasteiger partial charge in [0.25, 0.3) is 0 Å². The molecule has 0 spiro atoms. The Bertz CT molecular complexity index is 425. The van der Waals surface area contributed by atoms with Crippen molar-refractivity contribution in [2.24, 2.45) is 11.8 Å². The molecule has 0 aromatic heterocycles. The summed E-state index contributed by atoms with van der Waals surface area (Å²) in [5.74, 6) is 2.06. The van der Waals surface area contributed by atoms with E-state index in [1.807, 2.05) is 0 Å². The van der Waals surface area contributed by atoms with Crippen molar-refractivity contribution in [3.63, 3.8) is 0 Å². The summed E-state index contributed by atoms with van der Waals surface area (Å²) in [6, 6.07) is 3.29. The fourth-order valence-corrected chi connectivity index (χ4v) is 2.91. The van der Waals surface area contributed by atoms with Gasteiger partial charge in [-0.1, -0.05) is 23.2 Å². The van der Waals surface area contributed by atoms with Crippen LogP contribution < -0.4 is 0 Å². The summed E-state index contributed by atoms with van der Waals surface area (Å²) in [5.41, 5.74) is 0.871. The van der Waals surface area contributed by atoms with E-state index in [1.165, 1.54) is 12.5 Å². The largest absolute Gasteiger partial charge is 0.508 e. The highest BCUT2D eigenvalue weighted by molar-refractivity contribution is 6.42. The maximum Gasteiger partial charge on any atom is 0.121 e. The average molecular weight is 258 g/mol. The number of phenols is 1. The van der Waals surface area contributed by atoms with Crippen LogP contribution in [0.15, 0.2) is 12.1 Å². The molecule has 1 N–H and O–H groups in total. The van der Waals surface area contributed by atoms with E-state index in [4.69, 9.17) is 23.2 Å². The molecule has 1 saturated heterocycles. The van der Waals surface area contributed by atoms with Crippen LogP contribution in [0.3, 0.4) is 0 Å². The highest BCUT2D eigenvalue weighted by Crippen LogP contribution is 2.45. The molecule has 2 nitrogen and oxygen atoms in total. The number of hydrogen-bond acceptors (Lipinski definition) is 2. The minimum absolute atomic E-state index is 0.245. The fourth-order valence-electron chi connectivity index (χ4n) is 2.57. The number of benzene rings is 1. The number of fused-ring (bicyclic) bond motifs is 1. The van der Waals surface area contributed by atoms with E-state index in [-0.39, 0.29) is 5.75 Å². The van der Waals surface area contributed by atoms with Gasteiger partial charge >= 0.3 is 0 Å². The number of halogens is 2. The molecule has 3 rings (SSSR count). The Kier molecular flexibility index (Phi) is 2.54. The number of piperidine rings is 1. The van der Waals surface area contributed by atoms with Gasteiger partial charge in [0.15, 0.2) is 0 Å². The monoisotopic (exact) mass is 257 g/mol. The Labute approximate surface area is 105 Å². The lowest BCUT2D eigenvalue weighted by molar-refractivity contribution is 0.292. The minimum Gasteiger partial charge on any atom is -0.508 e. The zero-order valence-corrected chi connectivity index (χ0v) is 10.3. The van der Waals surface area contributed by atoms with Gasteiger partial charge in [0, 0.05) is 31.3 Å². The zero-order chi connectivity index (χ0) is 11.3. The second kappa shape index (κ2) is 3.80. The van der Waals surface area contributed by atoms with Crippen LogP contribution in [0.1, 0.15) is 12.0 Å². The SMILES string of the molecule is Oc1cc(Cl)c(Cl)cc1CN1C[C@H]2C[C@H]2C1. The Morgan fingerprint density at radius 2 is 1.81 bits per heavy atom. The molecular formula is C12H13Cl2NO. The molecule has 2 aliphatic rings. The van der Waals surface area contributed by atoms with Gasteiger partial charge in [0.1, 0.15) is 5.75 Å². The molecule has 2 fully saturated rings. The Hall–Kier alpha value is -0.440. The van der Waals surface area contributed by atoms with Crippen LogP contribution in [0.4, 0.5) is 0 Å². The lowest BCUT2D eigenvalue weighted by Crippen LogP contribution is -2.22. The third kappa shape index (κ3) is 1.90. The average Bonchev–Trinajstić information content (AvgIpc) is 2.83. The third-order valence-corrected chi connectivity index (χ3v) is 4.29. The first kappa shape index (κ1) is 10.7. The first-order valence-corrected chi connectivity index (χ1v) is 6.28. The number of rotatable bonds is 2. The molecule has 1 heterocycles. The predicted octanol–water partition coefficient (Wildman–Crippen LogP) is 3.15. The van der Waals surface area contributed by atoms with E-state index in [0.29, 0.717) is 10.0 Å². The van der Waals surface area contributed by atoms with Gasteiger partial charge in [-0.2, -0.15) is 0 Å². The van der Waals surface area contributed by atoms with Crippen molar-refractivity contribution < 1.29 is 5.11 Å². The van der Waals surface area contributed by atoms with Crippen molar-refractivity contribution >= 4 is 23.2 Å². The molecule has 0 unspecified atom stereocenters. The summed E-state index contributed by atoms with van der Waals surface area (Å²) in [7, 11) is 0. The zero-order valence-electron chi connectivity index (χ0n) is 8.79. The molecule has 1 aromatic rings. The molecule has 86 valence electrons. The van der Waals surface area contributed by atoms with Crippen molar-refractivity contribution in [1.29, 1.82) is 0 Å². The second-order valence-electron chi connectivity index (χ2n) is 4.84. The molecule has 1 aromatic carbocycles. The molecule has 4 heteroatoms. The van der Waals surface area contributed by atoms with E-state index in [1.54, 1.807) is 6.07 Å². The number of phenolic OH excluding ortho intramolecular Hbond substituents is 1. The predicted molar refractivity (Wildman–Crippen MR) is 65.0 cm³/mol. The van der Waals surface area contributed by atoms with E-state index >= 15 is 0 Å². The molecule has 1 aliphatic carbocycles. The third-order valence-electron chi connectivity index (χ3n) is 3.57. The maximum atomic E-state index is 9.78. The lowest BCUT2D eigenvalue weighted by atomic mass is 10.2. The van der Waals surface area contributed by atoms with Gasteiger partial charge < -0.3 is 5.11 Å². The van der Waals surface area contributed by atoms with Crippen molar-refractivity contribution in [2.75, 3.05) is 13.1 Å². The van der Waals surface area contributed by atoms with Gasteiger partial charge in [0.05, 0.1) is 10.0 Å². The Balaban J connectivity index is 1.76. The van der Waals surface area contributed by atoms with E-state index in [0.717, 1.165) is 37.0 Å². The molecule has 1 aliphatic heterocycles. The van der Waals surface area contributed by atoms with Crippen molar-refractivity contribution in [3.05, 3.63) is 27.7 Å². The standard InChI is InChI=1S/C12H13Cl2NO/c13-10-2-9(12(16)3-11(10)14)6-15-4-7-1-8(7)5-15/h2-3,7-8,16H,1,4-6H2/t7-,8+. The van der Waals surface area contributed by atoms with Gasteiger partial charge in [-0.3, -0.25) is 4.90 Å². The summed E-state index contributed by atoms with van der Waals surface area (Å²) in [6.45, 7) is 3.09. The van der Waals surface area contributed by atoms with Crippen LogP contribution in [0.2, 0.25) is 10.0 Å². The molecular weight excluding hydrogens is 245 g/mol. The lowest BCUT2D eigenvalue weighted by Gasteiger charge is -2.18. The van der Waals surface area contributed by atoms with E-state index in [2.05, 4.69) is 4.90 Å². The Morgan fingerprint density at radius 3 is 2.50 bits per heavy atom. The molecule has 0 amide bonds. The van der Waals surface area contributed by atoms with E-state index in [9.17, 15) is 5.11 Å². The number of hydrogen-bond donors (Lipinski definition) is 1. The second-order valence-corrected chi connectivity index (χ2v) is 5.66. The summed E-state index contributed by atoms with van der Waals surface area (Å²) in [6.07, 6.45) is 1.39. The maximum absolute atomic E-state index is 9.78. The highest BCUT2D eigenvalue weighted by atomic mass is 35.5. The van der Waals surface area contributed by atoms with E-state index < -0.39 is 0 Å². The Morgan fingerprint density at radius 1 is 1.19 bits per heavy atom. The van der Waals surface area contributed by atoms with Gasteiger partial charge in [-0.25, -0.2) is 0 Å². The summed E-state index contributed by atoms with van der Waals surface area (Å²) in [5, 5.41) is 10.7. The molecule has 2 atom stereocenters. The molecule has 0 bridgehead atoms. The van der Waals surface area contributed by atoms with Crippen LogP contribution in [0.25, 0.3) is 0 Å². The van der Waals surface area contributed by atoms with Gasteiger partial charge in [-0.05, 0) is 24.3 Å². The number of likely N-dealkylation sites (tertiary alicyclic amines) is 1. The normalized spacial score (nSPS) is 28.1. The first-order chi connectivity index (χ1) is 7.63. The minimum atomic E-state index is 0.245. The first-order valence-electron chi connectivity index (χ1n) is 5.52. The number of nitrogens with zero attached hydrogens (tertiary/aromatic N) is 1. The van der Waals surface area contributed by atoms with Gasteiger partial charge in [-0.15, -0.1) is 0 Å².